The van der Waals surface area contributed by atoms with Crippen LogP contribution in [0, 0.1) is 5.92 Å². The van der Waals surface area contributed by atoms with Crippen LogP contribution in [-0.4, -0.2) is 29.7 Å². The highest BCUT2D eigenvalue weighted by molar-refractivity contribution is 5.97. The van der Waals surface area contributed by atoms with Crippen molar-refractivity contribution in [3.63, 3.8) is 0 Å². The second kappa shape index (κ2) is 9.20. The zero-order valence-electron chi connectivity index (χ0n) is 18.6. The number of hydrogen-bond acceptors (Lipinski definition) is 5. The Labute approximate surface area is 182 Å². The first-order valence-electron chi connectivity index (χ1n) is 10.3. The summed E-state index contributed by atoms with van der Waals surface area (Å²) >= 11 is 0. The van der Waals surface area contributed by atoms with E-state index in [0.29, 0.717) is 23.6 Å². The van der Waals surface area contributed by atoms with E-state index in [4.69, 9.17) is 9.47 Å². The molecule has 7 heteroatoms. The van der Waals surface area contributed by atoms with Gasteiger partial charge >= 0.3 is 6.09 Å². The summed E-state index contributed by atoms with van der Waals surface area (Å²) in [5, 5.41) is 5.91. The summed E-state index contributed by atoms with van der Waals surface area (Å²) in [6, 6.07) is 9.18. The average Bonchev–Trinajstić information content (AvgIpc) is 2.71. The summed E-state index contributed by atoms with van der Waals surface area (Å²) in [5.41, 5.74) is 2.34. The van der Waals surface area contributed by atoms with Crippen molar-refractivity contribution in [2.24, 2.45) is 5.92 Å². The van der Waals surface area contributed by atoms with Crippen LogP contribution in [0.25, 0.3) is 11.3 Å². The fourth-order valence-corrected chi connectivity index (χ4v) is 3.27. The Morgan fingerprint density at radius 3 is 2.74 bits per heavy atom. The molecule has 164 valence electrons. The molecule has 2 atom stereocenters. The Balaban J connectivity index is 2.04. The topological polar surface area (TPSA) is 89.5 Å². The van der Waals surface area contributed by atoms with Crippen molar-refractivity contribution in [3.8, 4) is 17.0 Å². The minimum absolute atomic E-state index is 0.152. The molecule has 1 aromatic heterocycles. The lowest BCUT2D eigenvalue weighted by atomic mass is 9.97. The van der Waals surface area contributed by atoms with Crippen LogP contribution in [0.1, 0.15) is 45.7 Å². The quantitative estimate of drug-likeness (QED) is 0.674. The van der Waals surface area contributed by atoms with Gasteiger partial charge in [0.2, 0.25) is 5.91 Å². The zero-order valence-corrected chi connectivity index (χ0v) is 18.6. The number of carbonyl (C=O) groups is 2. The molecular weight excluding hydrogens is 394 g/mol. The van der Waals surface area contributed by atoms with Crippen molar-refractivity contribution in [2.75, 3.05) is 12.4 Å². The van der Waals surface area contributed by atoms with E-state index in [9.17, 15) is 9.59 Å². The molecule has 7 nitrogen and oxygen atoms in total. The molecule has 2 amide bonds. The molecule has 0 saturated carbocycles. The molecule has 2 N–H and O–H groups in total. The first kappa shape index (κ1) is 22.3. The number of ether oxygens (including phenoxy) is 2. The van der Waals surface area contributed by atoms with Gasteiger partial charge in [-0.05, 0) is 38.8 Å². The van der Waals surface area contributed by atoms with E-state index in [2.05, 4.69) is 15.6 Å². The van der Waals surface area contributed by atoms with E-state index in [-0.39, 0.29) is 17.9 Å². The maximum Gasteiger partial charge on any atom is 0.408 e. The zero-order chi connectivity index (χ0) is 22.6. The van der Waals surface area contributed by atoms with Crippen LogP contribution in [-0.2, 0) is 9.53 Å². The summed E-state index contributed by atoms with van der Waals surface area (Å²) in [4.78, 5) is 29.7. The van der Waals surface area contributed by atoms with Crippen molar-refractivity contribution in [1.82, 2.24) is 10.3 Å². The molecule has 0 fully saturated rings. The number of hydrogen-bond donors (Lipinski definition) is 2. The lowest BCUT2D eigenvalue weighted by Crippen LogP contribution is -2.35. The fourth-order valence-electron chi connectivity index (χ4n) is 3.27. The van der Waals surface area contributed by atoms with Crippen LogP contribution in [0.3, 0.4) is 0 Å². The predicted octanol–water partition coefficient (Wildman–Crippen LogP) is 4.86. The van der Waals surface area contributed by atoms with Crippen molar-refractivity contribution in [1.29, 1.82) is 0 Å². The molecule has 0 spiro atoms. The molecule has 2 aromatic rings. The van der Waals surface area contributed by atoms with Gasteiger partial charge in [0.05, 0.1) is 36.6 Å². The van der Waals surface area contributed by atoms with E-state index in [1.807, 2.05) is 64.1 Å². The van der Waals surface area contributed by atoms with Crippen LogP contribution in [0.5, 0.6) is 5.75 Å². The Hall–Kier alpha value is -3.35. The number of nitrogens with one attached hydrogen (secondary N) is 2. The lowest BCUT2D eigenvalue weighted by molar-refractivity contribution is -0.118. The monoisotopic (exact) mass is 423 g/mol. The van der Waals surface area contributed by atoms with Crippen molar-refractivity contribution >= 4 is 17.7 Å². The number of aromatic nitrogens is 1. The number of pyridine rings is 1. The maximum atomic E-state index is 12.7. The van der Waals surface area contributed by atoms with Crippen LogP contribution >= 0.6 is 0 Å². The summed E-state index contributed by atoms with van der Waals surface area (Å²) in [6.07, 6.45) is 5.38. The van der Waals surface area contributed by atoms with Crippen LogP contribution < -0.4 is 15.4 Å². The highest BCUT2D eigenvalue weighted by Crippen LogP contribution is 2.32. The third-order valence-corrected chi connectivity index (χ3v) is 4.82. The predicted molar refractivity (Wildman–Crippen MR) is 120 cm³/mol. The van der Waals surface area contributed by atoms with Gasteiger partial charge in [0.15, 0.2) is 0 Å². The van der Waals surface area contributed by atoms with Gasteiger partial charge in [0, 0.05) is 11.6 Å². The highest BCUT2D eigenvalue weighted by Gasteiger charge is 2.22. The number of methoxy groups -OCH3 is 1. The van der Waals surface area contributed by atoms with Gasteiger partial charge in [-0.25, -0.2) is 4.79 Å². The molecule has 0 saturated heterocycles. The van der Waals surface area contributed by atoms with Crippen molar-refractivity contribution in [2.45, 2.75) is 45.8 Å². The molecule has 2 bridgehead atoms. The number of nitrogens with zero attached hydrogens (tertiary/aromatic N) is 1. The standard InChI is InChI=1S/C24H29N3O4/c1-15-8-6-11-19(27-23(29)31-24(2,3)4)16-9-7-10-17(12-16)21-20(26-22(15)28)13-18(30-5)14-25-21/h6-10,12-15,19H,11H2,1-5H3,(H,26,28)(H,27,29)/b8-6-/t15-,19+/m1/s1. The highest BCUT2D eigenvalue weighted by atomic mass is 16.6. The molecule has 0 radical (unpaired) electrons. The summed E-state index contributed by atoms with van der Waals surface area (Å²) in [5.74, 6) is 0.0369. The molecule has 0 unspecified atom stereocenters. The Morgan fingerprint density at radius 1 is 1.26 bits per heavy atom. The van der Waals surface area contributed by atoms with Gasteiger partial charge < -0.3 is 20.1 Å². The van der Waals surface area contributed by atoms with Gasteiger partial charge in [-0.2, -0.15) is 0 Å². The second-order valence-electron chi connectivity index (χ2n) is 8.54. The number of carbonyl (C=O) groups excluding carboxylic acids is 2. The number of benzene rings is 1. The number of amides is 2. The lowest BCUT2D eigenvalue weighted by Gasteiger charge is -2.24. The average molecular weight is 424 g/mol. The Bertz CT molecular complexity index is 995. The largest absolute Gasteiger partial charge is 0.495 e. The number of alkyl carbamates (subject to hydrolysis) is 1. The van der Waals surface area contributed by atoms with Gasteiger partial charge in [0.25, 0.3) is 0 Å². The third-order valence-electron chi connectivity index (χ3n) is 4.82. The smallest absolute Gasteiger partial charge is 0.408 e. The van der Waals surface area contributed by atoms with Gasteiger partial charge in [-0.1, -0.05) is 37.3 Å². The molecule has 1 aromatic carbocycles. The SMILES string of the molecule is COc1cnc2c(c1)NC(=O)[C@H](C)/C=C\C[C@H](NC(=O)OC(C)(C)C)c1cccc-2c1. The molecule has 3 rings (SSSR count). The normalized spacial score (nSPS) is 19.7. The number of fused-ring (bicyclic) bond motifs is 4. The summed E-state index contributed by atoms with van der Waals surface area (Å²) in [7, 11) is 1.56. The Morgan fingerprint density at radius 2 is 2.03 bits per heavy atom. The van der Waals surface area contributed by atoms with Crippen LogP contribution in [0.2, 0.25) is 0 Å². The summed E-state index contributed by atoms with van der Waals surface area (Å²) < 4.78 is 10.7. The minimum atomic E-state index is -0.596. The second-order valence-corrected chi connectivity index (χ2v) is 8.54. The van der Waals surface area contributed by atoms with Crippen molar-refractivity contribution < 1.29 is 19.1 Å². The third kappa shape index (κ3) is 5.84. The first-order valence-corrected chi connectivity index (χ1v) is 10.3. The number of rotatable bonds is 2. The minimum Gasteiger partial charge on any atom is -0.495 e. The van der Waals surface area contributed by atoms with Crippen LogP contribution in [0.15, 0.2) is 48.7 Å². The molecule has 1 aliphatic heterocycles. The fraction of sp³-hybridized carbons (Fsp3) is 0.375. The van der Waals surface area contributed by atoms with E-state index in [1.165, 1.54) is 0 Å². The van der Waals surface area contributed by atoms with E-state index < -0.39 is 11.7 Å². The van der Waals surface area contributed by atoms with Gasteiger partial charge in [0.1, 0.15) is 11.4 Å². The van der Waals surface area contributed by atoms with Crippen LogP contribution in [0.4, 0.5) is 10.5 Å². The Kier molecular flexibility index (Phi) is 6.63. The maximum absolute atomic E-state index is 12.7. The molecule has 0 aliphatic carbocycles. The van der Waals surface area contributed by atoms with Gasteiger partial charge in [-0.3, -0.25) is 9.78 Å². The first-order chi connectivity index (χ1) is 14.7. The van der Waals surface area contributed by atoms with Gasteiger partial charge in [-0.15, -0.1) is 0 Å². The number of anilines is 1. The molecule has 1 aliphatic rings. The van der Waals surface area contributed by atoms with E-state index in [0.717, 1.165) is 11.1 Å². The van der Waals surface area contributed by atoms with Crippen molar-refractivity contribution in [3.05, 3.63) is 54.2 Å². The molecule has 2 heterocycles. The molecular formula is C24H29N3O4. The van der Waals surface area contributed by atoms with E-state index >= 15 is 0 Å². The molecule has 31 heavy (non-hydrogen) atoms. The van der Waals surface area contributed by atoms with E-state index in [1.54, 1.807) is 19.4 Å². The summed E-state index contributed by atoms with van der Waals surface area (Å²) in [6.45, 7) is 7.29.